The third-order valence-electron chi connectivity index (χ3n) is 4.30. The zero-order chi connectivity index (χ0) is 27.1. The van der Waals surface area contributed by atoms with E-state index in [0.29, 0.717) is 16.9 Å². The second kappa shape index (κ2) is 12.2. The summed E-state index contributed by atoms with van der Waals surface area (Å²) < 4.78 is 59.9. The van der Waals surface area contributed by atoms with Crippen LogP contribution >= 0.6 is 27.3 Å². The average Bonchev–Trinajstić information content (AvgIpc) is 3.25. The molecular formula is C21H19BrF3N3O6S2. The molecule has 0 aliphatic carbocycles. The Morgan fingerprint density at radius 1 is 1.14 bits per heavy atom. The van der Waals surface area contributed by atoms with E-state index in [9.17, 15) is 31.5 Å². The lowest BCUT2D eigenvalue weighted by molar-refractivity contribution is -0.192. The fourth-order valence-electron chi connectivity index (χ4n) is 2.71. The summed E-state index contributed by atoms with van der Waals surface area (Å²) in [7, 11) is -3.83. The molecule has 3 rings (SSSR count). The van der Waals surface area contributed by atoms with E-state index in [-0.39, 0.29) is 21.3 Å². The molecule has 0 unspecified atom stereocenters. The number of pyridine rings is 1. The van der Waals surface area contributed by atoms with Crippen molar-refractivity contribution >= 4 is 60.7 Å². The number of rotatable bonds is 8. The number of carboxylic acid groups (broad SMARTS) is 2. The van der Waals surface area contributed by atoms with Crippen LogP contribution in [0.2, 0.25) is 0 Å². The molecule has 3 N–H and O–H groups in total. The summed E-state index contributed by atoms with van der Waals surface area (Å²) in [5.74, 6) is -3.66. The minimum Gasteiger partial charge on any atom is -0.478 e. The second-order valence-electron chi connectivity index (χ2n) is 6.87. The van der Waals surface area contributed by atoms with Crippen molar-refractivity contribution in [1.29, 1.82) is 0 Å². The number of benzene rings is 1. The molecule has 0 amide bonds. The molecule has 1 aromatic carbocycles. The van der Waals surface area contributed by atoms with Crippen molar-refractivity contribution in [3.63, 3.8) is 0 Å². The Bertz CT molecular complexity index is 1320. The van der Waals surface area contributed by atoms with Gasteiger partial charge >= 0.3 is 18.1 Å². The van der Waals surface area contributed by atoms with Crippen molar-refractivity contribution in [1.82, 2.24) is 4.98 Å². The Kier molecular flexibility index (Phi) is 9.84. The number of aromatic carboxylic acids is 1. The van der Waals surface area contributed by atoms with Gasteiger partial charge in [-0.05, 0) is 46.6 Å². The molecule has 0 fully saturated rings. The maximum Gasteiger partial charge on any atom is 0.490 e. The summed E-state index contributed by atoms with van der Waals surface area (Å²) >= 11 is 4.29. The predicted molar refractivity (Wildman–Crippen MR) is 131 cm³/mol. The lowest BCUT2D eigenvalue weighted by Gasteiger charge is -2.24. The summed E-state index contributed by atoms with van der Waals surface area (Å²) in [6.45, 7) is 2.93. The molecule has 15 heteroatoms. The number of carbonyl (C=O) groups is 2. The zero-order valence-corrected chi connectivity index (χ0v) is 21.6. The molecule has 2 aromatic heterocycles. The highest BCUT2D eigenvalue weighted by Gasteiger charge is 2.38. The van der Waals surface area contributed by atoms with Gasteiger partial charge in [-0.1, -0.05) is 30.3 Å². The fourth-order valence-corrected chi connectivity index (χ4v) is 5.75. The molecule has 36 heavy (non-hydrogen) atoms. The van der Waals surface area contributed by atoms with E-state index in [4.69, 9.17) is 9.90 Å². The van der Waals surface area contributed by atoms with Crippen molar-refractivity contribution in [2.45, 2.75) is 23.9 Å². The predicted octanol–water partition coefficient (Wildman–Crippen LogP) is 5.06. The number of alkyl halides is 3. The van der Waals surface area contributed by atoms with Crippen LogP contribution in [-0.2, 0) is 21.4 Å². The second-order valence-corrected chi connectivity index (χ2v) is 11.2. The Balaban J connectivity index is 0.000000572. The van der Waals surface area contributed by atoms with Crippen molar-refractivity contribution in [2.75, 3.05) is 16.2 Å². The van der Waals surface area contributed by atoms with Gasteiger partial charge in [0, 0.05) is 13.1 Å². The molecule has 0 saturated carbocycles. The monoisotopic (exact) mass is 609 g/mol. The maximum atomic E-state index is 12.5. The standard InChI is InChI=1S/C19H18BrN3O4S2.C2HF3O2/c1-2-23(12-13-6-4-3-5-7-13)18-15(19(24)25)10-14(11-21-18)22-29(26,27)17-9-8-16(20)28-17;3-2(4,5)1(6)7/h3-11,22H,2,12H2,1H3,(H,24,25);(H,6,7). The van der Waals surface area contributed by atoms with Gasteiger partial charge in [-0.3, -0.25) is 4.72 Å². The van der Waals surface area contributed by atoms with Gasteiger partial charge in [-0.15, -0.1) is 11.3 Å². The number of aliphatic carboxylic acids is 1. The first-order valence-corrected chi connectivity index (χ1v) is 12.9. The van der Waals surface area contributed by atoms with Gasteiger partial charge in [0.25, 0.3) is 10.0 Å². The molecule has 3 aromatic rings. The summed E-state index contributed by atoms with van der Waals surface area (Å²) in [6.07, 6.45) is -3.75. The third-order valence-corrected chi connectivity index (χ3v) is 7.80. The van der Waals surface area contributed by atoms with E-state index >= 15 is 0 Å². The van der Waals surface area contributed by atoms with Crippen LogP contribution in [0.4, 0.5) is 24.7 Å². The number of sulfonamides is 1. The third kappa shape index (κ3) is 8.20. The van der Waals surface area contributed by atoms with Crippen molar-refractivity contribution < 1.29 is 41.4 Å². The van der Waals surface area contributed by atoms with Crippen molar-refractivity contribution in [3.8, 4) is 0 Å². The number of hydrogen-bond acceptors (Lipinski definition) is 7. The molecule has 2 heterocycles. The van der Waals surface area contributed by atoms with Gasteiger partial charge < -0.3 is 15.1 Å². The molecule has 194 valence electrons. The molecule has 0 bridgehead atoms. The Hall–Kier alpha value is -3.17. The topological polar surface area (TPSA) is 137 Å². The number of halogens is 4. The number of aromatic nitrogens is 1. The molecule has 0 atom stereocenters. The number of carboxylic acids is 2. The summed E-state index contributed by atoms with van der Waals surface area (Å²) in [4.78, 5) is 26.8. The molecule has 0 spiro atoms. The number of hydrogen-bond donors (Lipinski definition) is 3. The first-order valence-electron chi connectivity index (χ1n) is 9.85. The molecule has 0 aliphatic heterocycles. The van der Waals surface area contributed by atoms with Crippen LogP contribution in [0.15, 0.2) is 62.7 Å². The summed E-state index contributed by atoms with van der Waals surface area (Å²) in [6, 6.07) is 14.0. The van der Waals surface area contributed by atoms with Crippen LogP contribution in [0.5, 0.6) is 0 Å². The number of nitrogens with one attached hydrogen (secondary N) is 1. The summed E-state index contributed by atoms with van der Waals surface area (Å²) in [5.41, 5.74) is 1.03. The van der Waals surface area contributed by atoms with Crippen LogP contribution in [0, 0.1) is 0 Å². The highest BCUT2D eigenvalue weighted by Crippen LogP contribution is 2.29. The fraction of sp³-hybridized carbons (Fsp3) is 0.190. The molecule has 0 saturated heterocycles. The van der Waals surface area contributed by atoms with E-state index in [0.717, 1.165) is 16.9 Å². The van der Waals surface area contributed by atoms with Crippen LogP contribution in [0.1, 0.15) is 22.8 Å². The van der Waals surface area contributed by atoms with Crippen LogP contribution in [-0.4, -0.2) is 48.3 Å². The van der Waals surface area contributed by atoms with Gasteiger partial charge in [-0.25, -0.2) is 23.0 Å². The number of anilines is 2. The molecule has 0 radical (unpaired) electrons. The van der Waals surface area contributed by atoms with E-state index in [1.807, 2.05) is 42.2 Å². The zero-order valence-electron chi connectivity index (χ0n) is 18.4. The van der Waals surface area contributed by atoms with Crippen LogP contribution in [0.25, 0.3) is 0 Å². The first-order chi connectivity index (χ1) is 16.7. The lowest BCUT2D eigenvalue weighted by Crippen LogP contribution is -2.25. The highest BCUT2D eigenvalue weighted by molar-refractivity contribution is 9.11. The number of thiophene rings is 1. The molecular weight excluding hydrogens is 591 g/mol. The SMILES string of the molecule is CCN(Cc1ccccc1)c1ncc(NS(=O)(=O)c2ccc(Br)s2)cc1C(=O)O.O=C(O)C(F)(F)F. The van der Waals surface area contributed by atoms with Crippen molar-refractivity contribution in [3.05, 3.63) is 69.6 Å². The van der Waals surface area contributed by atoms with Crippen LogP contribution in [0.3, 0.4) is 0 Å². The van der Waals surface area contributed by atoms with E-state index in [1.54, 1.807) is 6.07 Å². The quantitative estimate of drug-likeness (QED) is 0.322. The van der Waals surface area contributed by atoms with E-state index < -0.39 is 28.1 Å². The largest absolute Gasteiger partial charge is 0.490 e. The smallest absolute Gasteiger partial charge is 0.478 e. The van der Waals surface area contributed by atoms with Gasteiger partial charge in [0.2, 0.25) is 0 Å². The number of nitrogens with zero attached hydrogens (tertiary/aromatic N) is 2. The van der Waals surface area contributed by atoms with Crippen LogP contribution < -0.4 is 9.62 Å². The normalized spacial score (nSPS) is 11.2. The Morgan fingerprint density at radius 3 is 2.22 bits per heavy atom. The minimum atomic E-state index is -5.08. The van der Waals surface area contributed by atoms with Crippen molar-refractivity contribution in [2.24, 2.45) is 0 Å². The molecule has 9 nitrogen and oxygen atoms in total. The molecule has 0 aliphatic rings. The Morgan fingerprint density at radius 2 is 1.75 bits per heavy atom. The van der Waals surface area contributed by atoms with Gasteiger partial charge in [-0.2, -0.15) is 13.2 Å². The van der Waals surface area contributed by atoms with Gasteiger partial charge in [0.1, 0.15) is 15.6 Å². The lowest BCUT2D eigenvalue weighted by atomic mass is 10.2. The highest BCUT2D eigenvalue weighted by atomic mass is 79.9. The maximum absolute atomic E-state index is 12.5. The minimum absolute atomic E-state index is 0.0738. The van der Waals surface area contributed by atoms with E-state index in [1.165, 1.54) is 18.3 Å². The van der Waals surface area contributed by atoms with E-state index in [2.05, 4.69) is 25.6 Å². The first kappa shape index (κ1) is 29.1. The van der Waals surface area contributed by atoms with Gasteiger partial charge in [0.15, 0.2) is 0 Å². The Labute approximate surface area is 216 Å². The van der Waals surface area contributed by atoms with Gasteiger partial charge in [0.05, 0.1) is 15.7 Å². The average molecular weight is 610 g/mol. The summed E-state index contributed by atoms with van der Waals surface area (Å²) in [5, 5.41) is 16.8.